The predicted molar refractivity (Wildman–Crippen MR) is 77.8 cm³/mol. The number of benzene rings is 1. The lowest BCUT2D eigenvalue weighted by atomic mass is 9.95. The van der Waals surface area contributed by atoms with Crippen LogP contribution in [0.5, 0.6) is 0 Å². The minimum absolute atomic E-state index is 0.0436. The summed E-state index contributed by atoms with van der Waals surface area (Å²) in [6.45, 7) is 5.23. The molecule has 1 aliphatic heterocycles. The topological polar surface area (TPSA) is 29.3 Å². The second-order valence-electron chi connectivity index (χ2n) is 5.60. The summed E-state index contributed by atoms with van der Waals surface area (Å²) in [5.41, 5.74) is 6.94. The monoisotopic (exact) mass is 284 g/mol. The highest BCUT2D eigenvalue weighted by molar-refractivity contribution is 6.30. The Morgan fingerprint density at radius 1 is 1.37 bits per heavy atom. The lowest BCUT2D eigenvalue weighted by Crippen LogP contribution is -2.43. The smallest absolute Gasteiger partial charge is 0.128 e. The highest BCUT2D eigenvalue weighted by Gasteiger charge is 2.32. The van der Waals surface area contributed by atoms with Gasteiger partial charge in [-0.3, -0.25) is 4.90 Å². The van der Waals surface area contributed by atoms with Gasteiger partial charge >= 0.3 is 0 Å². The van der Waals surface area contributed by atoms with Gasteiger partial charge in [0.25, 0.3) is 0 Å². The minimum atomic E-state index is -0.211. The molecule has 2 rings (SSSR count). The average Bonchev–Trinajstić information content (AvgIpc) is 2.54. The Hall–Kier alpha value is -0.640. The van der Waals surface area contributed by atoms with Gasteiger partial charge < -0.3 is 5.73 Å². The van der Waals surface area contributed by atoms with Gasteiger partial charge in [0.15, 0.2) is 0 Å². The van der Waals surface area contributed by atoms with Gasteiger partial charge in [0, 0.05) is 22.7 Å². The van der Waals surface area contributed by atoms with Crippen molar-refractivity contribution in [2.75, 3.05) is 6.54 Å². The zero-order chi connectivity index (χ0) is 14.0. The number of likely N-dealkylation sites (tertiary alicyclic amines) is 1. The summed E-state index contributed by atoms with van der Waals surface area (Å²) in [5.74, 6) is -0.211. The van der Waals surface area contributed by atoms with Crippen molar-refractivity contribution in [2.24, 2.45) is 5.73 Å². The van der Waals surface area contributed by atoms with E-state index in [0.29, 0.717) is 16.6 Å². The number of halogens is 2. The molecule has 2 N–H and O–H groups in total. The molecule has 1 heterocycles. The van der Waals surface area contributed by atoms with Crippen molar-refractivity contribution >= 4 is 11.6 Å². The number of hydrogen-bond acceptors (Lipinski definition) is 2. The number of hydrogen-bond donors (Lipinski definition) is 1. The number of nitrogens with zero attached hydrogens (tertiary/aromatic N) is 1. The van der Waals surface area contributed by atoms with Gasteiger partial charge in [0.05, 0.1) is 6.04 Å². The fourth-order valence-corrected chi connectivity index (χ4v) is 3.13. The molecule has 106 valence electrons. The zero-order valence-corrected chi connectivity index (χ0v) is 12.3. The van der Waals surface area contributed by atoms with E-state index in [1.165, 1.54) is 6.07 Å². The largest absolute Gasteiger partial charge is 0.326 e. The van der Waals surface area contributed by atoms with Crippen molar-refractivity contribution in [3.63, 3.8) is 0 Å². The fraction of sp³-hybridized carbons (Fsp3) is 0.600. The lowest BCUT2D eigenvalue weighted by molar-refractivity contribution is 0.141. The molecular weight excluding hydrogens is 263 g/mol. The van der Waals surface area contributed by atoms with E-state index < -0.39 is 0 Å². The van der Waals surface area contributed by atoms with E-state index >= 15 is 0 Å². The molecule has 19 heavy (non-hydrogen) atoms. The zero-order valence-electron chi connectivity index (χ0n) is 11.6. The summed E-state index contributed by atoms with van der Waals surface area (Å²) >= 11 is 6.03. The Balaban J connectivity index is 2.43. The summed E-state index contributed by atoms with van der Waals surface area (Å²) in [7, 11) is 0. The van der Waals surface area contributed by atoms with E-state index in [1.807, 2.05) is 0 Å². The first-order chi connectivity index (χ1) is 9.00. The van der Waals surface area contributed by atoms with Crippen LogP contribution < -0.4 is 5.73 Å². The van der Waals surface area contributed by atoms with Crippen LogP contribution in [0.15, 0.2) is 18.2 Å². The third-order valence-corrected chi connectivity index (χ3v) is 4.14. The molecular formula is C15H22ClFN2. The van der Waals surface area contributed by atoms with Crippen LogP contribution >= 0.6 is 11.6 Å². The highest BCUT2D eigenvalue weighted by Crippen LogP contribution is 2.33. The van der Waals surface area contributed by atoms with Crippen molar-refractivity contribution in [3.05, 3.63) is 34.6 Å². The molecule has 0 amide bonds. The Labute approximate surface area is 119 Å². The Kier molecular flexibility index (Phi) is 4.82. The van der Waals surface area contributed by atoms with Crippen LogP contribution in [-0.4, -0.2) is 23.5 Å². The van der Waals surface area contributed by atoms with E-state index in [2.05, 4.69) is 18.7 Å². The molecule has 1 aromatic rings. The maximum Gasteiger partial charge on any atom is 0.128 e. The fourth-order valence-electron chi connectivity index (χ4n) is 2.95. The highest BCUT2D eigenvalue weighted by atomic mass is 35.5. The molecule has 0 radical (unpaired) electrons. The summed E-state index contributed by atoms with van der Waals surface area (Å²) in [5, 5.41) is 0.566. The van der Waals surface area contributed by atoms with Crippen molar-refractivity contribution in [1.82, 2.24) is 4.90 Å². The normalized spacial score (nSPS) is 25.6. The standard InChI is InChI=1S/C15H22ClFN2/c1-10(2)19-8-4-3-5-14(18)15(19)12-9-11(16)6-7-13(12)17/h6-7,9-10,14-15H,3-5,8,18H2,1-2H3. The Morgan fingerprint density at radius 3 is 2.79 bits per heavy atom. The molecule has 1 saturated heterocycles. The molecule has 0 aliphatic carbocycles. The van der Waals surface area contributed by atoms with Gasteiger partial charge in [-0.15, -0.1) is 0 Å². The van der Waals surface area contributed by atoms with Gasteiger partial charge in [-0.25, -0.2) is 4.39 Å². The number of rotatable bonds is 2. The molecule has 1 aliphatic rings. The average molecular weight is 285 g/mol. The molecule has 2 unspecified atom stereocenters. The predicted octanol–water partition coefficient (Wildman–Crippen LogP) is 3.74. The quantitative estimate of drug-likeness (QED) is 0.896. The van der Waals surface area contributed by atoms with E-state index in [0.717, 1.165) is 25.8 Å². The summed E-state index contributed by atoms with van der Waals surface area (Å²) < 4.78 is 14.2. The molecule has 0 bridgehead atoms. The summed E-state index contributed by atoms with van der Waals surface area (Å²) in [4.78, 5) is 2.30. The SMILES string of the molecule is CC(C)N1CCCCC(N)C1c1cc(Cl)ccc1F. The van der Waals surface area contributed by atoms with Crippen molar-refractivity contribution in [3.8, 4) is 0 Å². The van der Waals surface area contributed by atoms with Crippen LogP contribution in [0.25, 0.3) is 0 Å². The van der Waals surface area contributed by atoms with Gasteiger partial charge in [0.2, 0.25) is 0 Å². The van der Waals surface area contributed by atoms with Crippen LogP contribution in [0, 0.1) is 5.82 Å². The second kappa shape index (κ2) is 6.21. The van der Waals surface area contributed by atoms with Crippen LogP contribution in [0.1, 0.15) is 44.7 Å². The van der Waals surface area contributed by atoms with E-state index in [4.69, 9.17) is 17.3 Å². The molecule has 4 heteroatoms. The lowest BCUT2D eigenvalue weighted by Gasteiger charge is -2.37. The third-order valence-electron chi connectivity index (χ3n) is 3.91. The molecule has 2 atom stereocenters. The van der Waals surface area contributed by atoms with Crippen molar-refractivity contribution < 1.29 is 4.39 Å². The van der Waals surface area contributed by atoms with Crippen molar-refractivity contribution in [2.45, 2.75) is 51.2 Å². The molecule has 0 aromatic heterocycles. The molecule has 2 nitrogen and oxygen atoms in total. The van der Waals surface area contributed by atoms with E-state index in [-0.39, 0.29) is 17.9 Å². The Bertz CT molecular complexity index is 436. The molecule has 1 aromatic carbocycles. The van der Waals surface area contributed by atoms with Gasteiger partial charge in [-0.1, -0.05) is 18.0 Å². The van der Waals surface area contributed by atoms with Crippen LogP contribution in [-0.2, 0) is 0 Å². The summed E-state index contributed by atoms with van der Waals surface area (Å²) in [6, 6.07) is 4.96. The maximum atomic E-state index is 14.2. The van der Waals surface area contributed by atoms with Crippen LogP contribution in [0.4, 0.5) is 4.39 Å². The second-order valence-corrected chi connectivity index (χ2v) is 6.04. The number of nitrogens with two attached hydrogens (primary N) is 1. The van der Waals surface area contributed by atoms with Crippen molar-refractivity contribution in [1.29, 1.82) is 0 Å². The van der Waals surface area contributed by atoms with Crippen LogP contribution in [0.3, 0.4) is 0 Å². The molecule has 0 spiro atoms. The Morgan fingerprint density at radius 2 is 2.11 bits per heavy atom. The minimum Gasteiger partial charge on any atom is -0.326 e. The first-order valence-electron chi connectivity index (χ1n) is 6.97. The third kappa shape index (κ3) is 3.28. The summed E-state index contributed by atoms with van der Waals surface area (Å²) in [6.07, 6.45) is 3.15. The first-order valence-corrected chi connectivity index (χ1v) is 7.34. The van der Waals surface area contributed by atoms with Gasteiger partial charge in [-0.2, -0.15) is 0 Å². The van der Waals surface area contributed by atoms with Gasteiger partial charge in [0.1, 0.15) is 5.82 Å². The molecule has 0 saturated carbocycles. The van der Waals surface area contributed by atoms with E-state index in [9.17, 15) is 4.39 Å². The molecule has 1 fully saturated rings. The van der Waals surface area contributed by atoms with Crippen LogP contribution in [0.2, 0.25) is 5.02 Å². The van der Waals surface area contributed by atoms with E-state index in [1.54, 1.807) is 12.1 Å². The maximum absolute atomic E-state index is 14.2. The van der Waals surface area contributed by atoms with Gasteiger partial charge in [-0.05, 0) is 51.4 Å². The first kappa shape index (κ1) is 14.8.